The van der Waals surface area contributed by atoms with E-state index in [0.29, 0.717) is 12.8 Å². The normalized spacial score (nSPS) is 16.1. The van der Waals surface area contributed by atoms with Gasteiger partial charge in [-0.25, -0.2) is 0 Å². The van der Waals surface area contributed by atoms with Gasteiger partial charge in [-0.1, -0.05) is 48.5 Å². The highest BCUT2D eigenvalue weighted by Gasteiger charge is 2.36. The summed E-state index contributed by atoms with van der Waals surface area (Å²) >= 11 is 0. The summed E-state index contributed by atoms with van der Waals surface area (Å²) in [4.78, 5) is 0. The van der Waals surface area contributed by atoms with Crippen molar-refractivity contribution >= 4 is 0 Å². The highest BCUT2D eigenvalue weighted by molar-refractivity contribution is 5.47. The van der Waals surface area contributed by atoms with Crippen LogP contribution in [0.1, 0.15) is 35.1 Å². The van der Waals surface area contributed by atoms with Gasteiger partial charge in [0.05, 0.1) is 0 Å². The van der Waals surface area contributed by atoms with E-state index < -0.39 is 5.60 Å². The Hall–Kier alpha value is -1.64. The van der Waals surface area contributed by atoms with Gasteiger partial charge in [0.15, 0.2) is 0 Å². The molecular weight excluding hydrogens is 248 g/mol. The van der Waals surface area contributed by atoms with E-state index >= 15 is 0 Å². The minimum Gasteiger partial charge on any atom is -0.396 e. The number of aliphatic hydroxyl groups excluding tert-OH is 1. The highest BCUT2D eigenvalue weighted by atomic mass is 16.3. The van der Waals surface area contributed by atoms with E-state index in [1.54, 1.807) is 0 Å². The van der Waals surface area contributed by atoms with Crippen LogP contribution < -0.4 is 0 Å². The van der Waals surface area contributed by atoms with E-state index in [-0.39, 0.29) is 6.61 Å². The van der Waals surface area contributed by atoms with E-state index in [1.807, 2.05) is 36.4 Å². The summed E-state index contributed by atoms with van der Waals surface area (Å²) in [6, 6.07) is 16.3. The molecule has 20 heavy (non-hydrogen) atoms. The van der Waals surface area contributed by atoms with Crippen LogP contribution in [0.4, 0.5) is 0 Å². The van der Waals surface area contributed by atoms with E-state index in [9.17, 15) is 5.11 Å². The summed E-state index contributed by atoms with van der Waals surface area (Å²) in [6.07, 6.45) is 3.06. The zero-order valence-electron chi connectivity index (χ0n) is 11.5. The van der Waals surface area contributed by atoms with E-state index in [2.05, 4.69) is 12.1 Å². The Balaban J connectivity index is 2.18. The second-order valence-corrected chi connectivity index (χ2v) is 5.50. The highest BCUT2D eigenvalue weighted by Crippen LogP contribution is 2.40. The van der Waals surface area contributed by atoms with Gasteiger partial charge in [0.25, 0.3) is 0 Å². The average molecular weight is 268 g/mol. The summed E-state index contributed by atoms with van der Waals surface area (Å²) < 4.78 is 0. The van der Waals surface area contributed by atoms with Crippen LogP contribution in [0.2, 0.25) is 0 Å². The van der Waals surface area contributed by atoms with Gasteiger partial charge in [-0.15, -0.1) is 0 Å². The summed E-state index contributed by atoms with van der Waals surface area (Å²) in [5, 5.41) is 20.5. The molecule has 1 aliphatic carbocycles. The maximum atomic E-state index is 11.4. The summed E-state index contributed by atoms with van der Waals surface area (Å²) in [7, 11) is 0. The van der Waals surface area contributed by atoms with Gasteiger partial charge in [-0.2, -0.15) is 0 Å². The first-order valence-electron chi connectivity index (χ1n) is 7.26. The first-order chi connectivity index (χ1) is 9.75. The zero-order chi connectivity index (χ0) is 14.0. The Labute approximate surface area is 119 Å². The predicted octanol–water partition coefficient (Wildman–Crippen LogP) is 2.79. The molecule has 0 aliphatic heterocycles. The molecule has 0 saturated heterocycles. The predicted molar refractivity (Wildman–Crippen MR) is 79.6 cm³/mol. The maximum Gasteiger partial charge on any atom is 0.115 e. The molecule has 2 N–H and O–H groups in total. The van der Waals surface area contributed by atoms with Crippen molar-refractivity contribution < 1.29 is 10.2 Å². The second kappa shape index (κ2) is 5.39. The van der Waals surface area contributed by atoms with Crippen LogP contribution >= 0.6 is 0 Å². The van der Waals surface area contributed by atoms with Crippen LogP contribution in [0.15, 0.2) is 48.5 Å². The Kier molecular flexibility index (Phi) is 3.60. The molecule has 0 atom stereocenters. The van der Waals surface area contributed by atoms with Gasteiger partial charge in [0.1, 0.15) is 5.60 Å². The minimum absolute atomic E-state index is 0.104. The van der Waals surface area contributed by atoms with E-state index in [0.717, 1.165) is 24.0 Å². The standard InChI is InChI=1S/C18H20O2/c19-13-5-12-18(20)16-8-3-1-6-14(16)10-11-15-7-2-4-9-17(15)18/h1-4,6-9,19-20H,5,10-13H2. The molecule has 0 aromatic heterocycles. The molecule has 0 fully saturated rings. The third kappa shape index (κ3) is 2.15. The smallest absolute Gasteiger partial charge is 0.115 e. The van der Waals surface area contributed by atoms with Crippen LogP contribution in [0.25, 0.3) is 0 Å². The largest absolute Gasteiger partial charge is 0.396 e. The monoisotopic (exact) mass is 268 g/mol. The molecule has 0 bridgehead atoms. The molecule has 3 rings (SSSR count). The fraction of sp³-hybridized carbons (Fsp3) is 0.333. The lowest BCUT2D eigenvalue weighted by Gasteiger charge is -2.31. The van der Waals surface area contributed by atoms with Crippen molar-refractivity contribution in [2.75, 3.05) is 6.61 Å². The summed E-state index contributed by atoms with van der Waals surface area (Å²) in [5.41, 5.74) is 3.44. The van der Waals surface area contributed by atoms with Crippen molar-refractivity contribution in [2.45, 2.75) is 31.3 Å². The Morgan fingerprint density at radius 2 is 1.35 bits per heavy atom. The minimum atomic E-state index is -0.980. The van der Waals surface area contributed by atoms with Crippen molar-refractivity contribution in [3.63, 3.8) is 0 Å². The van der Waals surface area contributed by atoms with Crippen LogP contribution in [0, 0.1) is 0 Å². The van der Waals surface area contributed by atoms with Gasteiger partial charge in [-0.3, -0.25) is 0 Å². The lowest BCUT2D eigenvalue weighted by atomic mass is 9.80. The molecule has 0 amide bonds. The first kappa shape index (κ1) is 13.3. The van der Waals surface area contributed by atoms with Gasteiger partial charge in [-0.05, 0) is 47.9 Å². The number of aryl methyl sites for hydroxylation is 2. The third-order valence-corrected chi connectivity index (χ3v) is 4.29. The lowest BCUT2D eigenvalue weighted by Crippen LogP contribution is -2.29. The lowest BCUT2D eigenvalue weighted by molar-refractivity contribution is 0.0620. The Bertz CT molecular complexity index is 556. The molecule has 2 aromatic carbocycles. The Morgan fingerprint density at radius 3 is 1.85 bits per heavy atom. The van der Waals surface area contributed by atoms with Crippen LogP contribution in [-0.2, 0) is 18.4 Å². The number of hydrogen-bond acceptors (Lipinski definition) is 2. The number of aliphatic hydroxyl groups is 2. The quantitative estimate of drug-likeness (QED) is 0.898. The summed E-state index contributed by atoms with van der Waals surface area (Å²) in [5.74, 6) is 0. The van der Waals surface area contributed by atoms with Crippen molar-refractivity contribution in [2.24, 2.45) is 0 Å². The van der Waals surface area contributed by atoms with Crippen molar-refractivity contribution in [1.29, 1.82) is 0 Å². The fourth-order valence-corrected chi connectivity index (χ4v) is 3.30. The second-order valence-electron chi connectivity index (χ2n) is 5.50. The number of benzene rings is 2. The first-order valence-corrected chi connectivity index (χ1v) is 7.26. The van der Waals surface area contributed by atoms with Gasteiger partial charge in [0, 0.05) is 6.61 Å². The van der Waals surface area contributed by atoms with E-state index in [4.69, 9.17) is 5.11 Å². The molecule has 0 spiro atoms. The van der Waals surface area contributed by atoms with Gasteiger partial charge in [0.2, 0.25) is 0 Å². The maximum absolute atomic E-state index is 11.4. The van der Waals surface area contributed by atoms with Crippen molar-refractivity contribution in [3.05, 3.63) is 70.8 Å². The SMILES string of the molecule is OCCCC1(O)c2ccccc2CCc2ccccc21. The number of fused-ring (bicyclic) bond motifs is 2. The topological polar surface area (TPSA) is 40.5 Å². The van der Waals surface area contributed by atoms with Crippen LogP contribution in [0.5, 0.6) is 0 Å². The molecule has 2 heteroatoms. The summed E-state index contributed by atoms with van der Waals surface area (Å²) in [6.45, 7) is 0.104. The van der Waals surface area contributed by atoms with Crippen LogP contribution in [0.3, 0.4) is 0 Å². The van der Waals surface area contributed by atoms with Gasteiger partial charge < -0.3 is 10.2 Å². The fourth-order valence-electron chi connectivity index (χ4n) is 3.30. The van der Waals surface area contributed by atoms with Crippen LogP contribution in [-0.4, -0.2) is 16.8 Å². The van der Waals surface area contributed by atoms with Crippen molar-refractivity contribution in [3.8, 4) is 0 Å². The zero-order valence-corrected chi connectivity index (χ0v) is 11.5. The average Bonchev–Trinajstić information content (AvgIpc) is 2.62. The molecular formula is C18H20O2. The number of hydrogen-bond donors (Lipinski definition) is 2. The molecule has 0 radical (unpaired) electrons. The third-order valence-electron chi connectivity index (χ3n) is 4.29. The molecule has 2 aromatic rings. The molecule has 0 unspecified atom stereocenters. The van der Waals surface area contributed by atoms with Gasteiger partial charge >= 0.3 is 0 Å². The molecule has 1 aliphatic rings. The molecule has 104 valence electrons. The van der Waals surface area contributed by atoms with Crippen molar-refractivity contribution in [1.82, 2.24) is 0 Å². The number of rotatable bonds is 3. The molecule has 2 nitrogen and oxygen atoms in total. The Morgan fingerprint density at radius 1 is 0.850 bits per heavy atom. The molecule has 0 heterocycles. The van der Waals surface area contributed by atoms with E-state index in [1.165, 1.54) is 11.1 Å². The molecule has 0 saturated carbocycles.